The Labute approximate surface area is 152 Å². The lowest BCUT2D eigenvalue weighted by molar-refractivity contribution is -0.147. The van der Waals surface area contributed by atoms with Gasteiger partial charge in [0.05, 0.1) is 19.6 Å². The Hall–Kier alpha value is -1.32. The fraction of sp³-hybridized carbons (Fsp3) is 0.810. The molecule has 2 saturated carbocycles. The maximum absolute atomic E-state index is 11.6. The second kappa shape index (κ2) is 9.98. The summed E-state index contributed by atoms with van der Waals surface area (Å²) in [5.41, 5.74) is 0.474. The van der Waals surface area contributed by atoms with Crippen molar-refractivity contribution in [1.82, 2.24) is 0 Å². The maximum Gasteiger partial charge on any atom is 0.333 e. The minimum Gasteiger partial charge on any atom is -0.469 e. The molecule has 2 aliphatic rings. The number of ether oxygens (including phenoxy) is 2. The van der Waals surface area contributed by atoms with E-state index >= 15 is 0 Å². The van der Waals surface area contributed by atoms with Crippen molar-refractivity contribution in [2.24, 2.45) is 23.7 Å². The largest absolute Gasteiger partial charge is 0.469 e. The van der Waals surface area contributed by atoms with E-state index in [0.29, 0.717) is 12.2 Å². The van der Waals surface area contributed by atoms with Crippen LogP contribution in [0.3, 0.4) is 0 Å². The number of carbonyl (C=O) groups excluding carboxylic acids is 2. The molecule has 0 aromatic heterocycles. The normalized spacial score (nSPS) is 29.7. The third-order valence-corrected chi connectivity index (χ3v) is 6.20. The average Bonchev–Trinajstić information content (AvgIpc) is 2.65. The van der Waals surface area contributed by atoms with E-state index in [1.54, 1.807) is 6.92 Å². The number of rotatable bonds is 7. The smallest absolute Gasteiger partial charge is 0.333 e. The molecule has 2 fully saturated rings. The van der Waals surface area contributed by atoms with Crippen LogP contribution in [0.15, 0.2) is 12.2 Å². The summed E-state index contributed by atoms with van der Waals surface area (Å²) in [6, 6.07) is 0. The SMILES string of the molecule is C=C(C)C(=O)OCCCC1CCC(C2CCC(C(=O)OC)CC2)CC1. The number of methoxy groups -OCH3 is 1. The molecule has 2 rings (SSSR count). The van der Waals surface area contributed by atoms with Crippen molar-refractivity contribution < 1.29 is 19.1 Å². The highest BCUT2D eigenvalue weighted by Gasteiger charge is 2.33. The third-order valence-electron chi connectivity index (χ3n) is 6.20. The van der Waals surface area contributed by atoms with Crippen molar-refractivity contribution in [3.63, 3.8) is 0 Å². The predicted molar refractivity (Wildman–Crippen MR) is 97.9 cm³/mol. The molecule has 0 amide bonds. The number of esters is 2. The zero-order valence-corrected chi connectivity index (χ0v) is 15.9. The summed E-state index contributed by atoms with van der Waals surface area (Å²) in [5.74, 6) is 2.28. The van der Waals surface area contributed by atoms with Crippen molar-refractivity contribution in [3.8, 4) is 0 Å². The molecule has 0 saturated heterocycles. The first-order valence-corrected chi connectivity index (χ1v) is 9.91. The van der Waals surface area contributed by atoms with Gasteiger partial charge in [0.2, 0.25) is 0 Å². The van der Waals surface area contributed by atoms with Crippen LogP contribution in [0.2, 0.25) is 0 Å². The molecular formula is C21H34O4. The van der Waals surface area contributed by atoms with E-state index in [4.69, 9.17) is 9.47 Å². The molecule has 0 bridgehead atoms. The lowest BCUT2D eigenvalue weighted by atomic mass is 9.69. The minimum atomic E-state index is -0.272. The summed E-state index contributed by atoms with van der Waals surface area (Å²) >= 11 is 0. The zero-order chi connectivity index (χ0) is 18.2. The molecule has 0 radical (unpaired) electrons. The van der Waals surface area contributed by atoms with Gasteiger partial charge in [0.1, 0.15) is 0 Å². The molecule has 0 aromatic carbocycles. The molecule has 142 valence electrons. The first-order chi connectivity index (χ1) is 12.0. The topological polar surface area (TPSA) is 52.6 Å². The van der Waals surface area contributed by atoms with Gasteiger partial charge in [-0.2, -0.15) is 0 Å². The molecule has 0 spiro atoms. The van der Waals surface area contributed by atoms with Crippen LogP contribution >= 0.6 is 0 Å². The summed E-state index contributed by atoms with van der Waals surface area (Å²) in [5, 5.41) is 0. The van der Waals surface area contributed by atoms with Gasteiger partial charge in [-0.1, -0.05) is 19.4 Å². The predicted octanol–water partition coefficient (Wildman–Crippen LogP) is 4.67. The van der Waals surface area contributed by atoms with Crippen LogP contribution in [-0.4, -0.2) is 25.7 Å². The second-order valence-electron chi connectivity index (χ2n) is 7.97. The summed E-state index contributed by atoms with van der Waals surface area (Å²) in [6.07, 6.45) is 11.7. The fourth-order valence-corrected chi connectivity index (χ4v) is 4.60. The van der Waals surface area contributed by atoms with Gasteiger partial charge in [0.25, 0.3) is 0 Å². The highest BCUT2D eigenvalue weighted by molar-refractivity contribution is 5.86. The van der Waals surface area contributed by atoms with Crippen LogP contribution in [0, 0.1) is 23.7 Å². The lowest BCUT2D eigenvalue weighted by Crippen LogP contribution is -2.28. The van der Waals surface area contributed by atoms with Crippen LogP contribution in [-0.2, 0) is 19.1 Å². The molecule has 0 unspecified atom stereocenters. The van der Waals surface area contributed by atoms with Crippen molar-refractivity contribution in [2.45, 2.75) is 71.1 Å². The van der Waals surface area contributed by atoms with Crippen molar-refractivity contribution in [1.29, 1.82) is 0 Å². The zero-order valence-electron chi connectivity index (χ0n) is 15.9. The van der Waals surface area contributed by atoms with Crippen LogP contribution in [0.25, 0.3) is 0 Å². The number of carbonyl (C=O) groups is 2. The van der Waals surface area contributed by atoms with Gasteiger partial charge >= 0.3 is 11.9 Å². The van der Waals surface area contributed by atoms with Gasteiger partial charge in [-0.25, -0.2) is 4.79 Å². The number of hydrogen-bond acceptors (Lipinski definition) is 4. The monoisotopic (exact) mass is 350 g/mol. The molecular weight excluding hydrogens is 316 g/mol. The van der Waals surface area contributed by atoms with Crippen LogP contribution in [0.5, 0.6) is 0 Å². The van der Waals surface area contributed by atoms with Gasteiger partial charge in [-0.05, 0) is 76.0 Å². The standard InChI is InChI=1S/C21H34O4/c1-15(2)20(22)25-14-4-5-16-6-8-17(9-7-16)18-10-12-19(13-11-18)21(23)24-3/h16-19H,1,4-14H2,2-3H3. The van der Waals surface area contributed by atoms with Gasteiger partial charge in [0.15, 0.2) is 0 Å². The van der Waals surface area contributed by atoms with Crippen LogP contribution < -0.4 is 0 Å². The van der Waals surface area contributed by atoms with Gasteiger partial charge in [-0.3, -0.25) is 4.79 Å². The first-order valence-electron chi connectivity index (χ1n) is 9.91. The molecule has 0 aliphatic heterocycles. The van der Waals surface area contributed by atoms with Gasteiger partial charge < -0.3 is 9.47 Å². The van der Waals surface area contributed by atoms with E-state index in [-0.39, 0.29) is 17.9 Å². The van der Waals surface area contributed by atoms with Gasteiger partial charge in [-0.15, -0.1) is 0 Å². The molecule has 0 heterocycles. The minimum absolute atomic E-state index is 0.0190. The first kappa shape index (κ1) is 20.0. The molecule has 2 aliphatic carbocycles. The average molecular weight is 350 g/mol. The number of hydrogen-bond donors (Lipinski definition) is 0. The van der Waals surface area contributed by atoms with Crippen molar-refractivity contribution >= 4 is 11.9 Å². The Balaban J connectivity index is 1.60. The van der Waals surface area contributed by atoms with E-state index in [1.807, 2.05) is 0 Å². The van der Waals surface area contributed by atoms with E-state index in [9.17, 15) is 9.59 Å². The molecule has 25 heavy (non-hydrogen) atoms. The molecule has 4 nitrogen and oxygen atoms in total. The third kappa shape index (κ3) is 6.16. The van der Waals surface area contributed by atoms with Crippen LogP contribution in [0.4, 0.5) is 0 Å². The molecule has 0 atom stereocenters. The summed E-state index contributed by atoms with van der Waals surface area (Å²) < 4.78 is 10.1. The lowest BCUT2D eigenvalue weighted by Gasteiger charge is -2.37. The Morgan fingerprint density at radius 3 is 2.04 bits per heavy atom. The Kier molecular flexibility index (Phi) is 7.98. The van der Waals surface area contributed by atoms with E-state index in [2.05, 4.69) is 6.58 Å². The maximum atomic E-state index is 11.6. The Bertz CT molecular complexity index is 455. The van der Waals surface area contributed by atoms with Crippen LogP contribution in [0.1, 0.15) is 71.1 Å². The van der Waals surface area contributed by atoms with Crippen molar-refractivity contribution in [3.05, 3.63) is 12.2 Å². The molecule has 0 aromatic rings. The summed E-state index contributed by atoms with van der Waals surface area (Å²) in [6.45, 7) is 5.80. The molecule has 4 heteroatoms. The fourth-order valence-electron chi connectivity index (χ4n) is 4.60. The quantitative estimate of drug-likeness (QED) is 0.380. The summed E-state index contributed by atoms with van der Waals surface area (Å²) in [7, 11) is 1.50. The Morgan fingerprint density at radius 2 is 1.52 bits per heavy atom. The summed E-state index contributed by atoms with van der Waals surface area (Å²) in [4.78, 5) is 23.0. The highest BCUT2D eigenvalue weighted by atomic mass is 16.5. The molecule has 0 N–H and O–H groups in total. The van der Waals surface area contributed by atoms with Gasteiger partial charge in [0, 0.05) is 5.57 Å². The van der Waals surface area contributed by atoms with E-state index in [0.717, 1.165) is 43.4 Å². The second-order valence-corrected chi connectivity index (χ2v) is 7.97. The van der Waals surface area contributed by atoms with Crippen molar-refractivity contribution in [2.75, 3.05) is 13.7 Å². The highest BCUT2D eigenvalue weighted by Crippen LogP contribution is 2.42. The van der Waals surface area contributed by atoms with E-state index in [1.165, 1.54) is 45.6 Å². The van der Waals surface area contributed by atoms with E-state index < -0.39 is 0 Å². The Morgan fingerprint density at radius 1 is 0.960 bits per heavy atom.